The molecule has 8 saturated heterocycles. The number of unbranched alkanes of at least 4 members (excludes halogenated alkanes) is 2. The highest BCUT2D eigenvalue weighted by Gasteiger charge is 2.71. The van der Waals surface area contributed by atoms with Crippen molar-refractivity contribution in [3.05, 3.63) is 23.8 Å². The molecule has 9 heterocycles. The summed E-state index contributed by atoms with van der Waals surface area (Å²) in [6.07, 6.45) is -72.9. The molecule has 0 radical (unpaired) electrons. The minimum absolute atomic E-state index is 0.0238. The molecule has 143 heavy (non-hydrogen) atoms. The fourth-order valence-corrected chi connectivity index (χ4v) is 23.8. The second-order valence-electron chi connectivity index (χ2n) is 42.0. The summed E-state index contributed by atoms with van der Waals surface area (Å²) in [4.78, 5) is 81.8. The quantitative estimate of drug-likeness (QED) is 0.00416. The lowest BCUT2D eigenvalue weighted by Crippen LogP contribution is -2.68. The standard InChI is InChI=1S/C92H143N3O48/c1-34(128-38(5)98)35(2)129-86(77(123)142-79-62(114)55(107)43(100)31-126-79)136-70-37(4)131-84(74(66(70)118)140-81-65(117)60(112)69(36(3)130-81)135-80-68(120)71(44(101)32-127-80)137-82-63(115)58(110)56(108)45(28-96)132-82)143-87(124)92-24-23-88(6,7)27-41(92)39-15-16-47-89(8,40(39)26-49(92)102)21-19-48-90(47,9)22-20-50(91(48,10)33-93-94-51(103)14-12-11-13-25-95-52(104)17-18-53(95)105)134-85-75(141-83-64(116)59(111)57(109)46(29-97)133-83)72(67(119)73(139-85)76(121)122)138-78-61(113)54(106)42(99)30-125-78/h15,17-18,33-37,40-50,54-75,77-86,96-97,99-102,106-120,123H,11-14,16,19-32H2,1-10H3,(H,94,103)(H,121,122)/b93-33+/t34?,35?,36?,37?,40?,41?,42?,43?,44?,45?,46?,47?,48?,49-,50+,54?,55?,56?,57?,58?,59?,60?,61?,62?,63?,64?,65?,66?,67?,68?,69?,70?,71?,72?,73?,74?,75?,77?,78?,79?,80?,81?,82?,83?,84?,85?,86?,89+,90-,91+,92-/m1/s1. The van der Waals surface area contributed by atoms with E-state index >= 15 is 4.79 Å². The summed E-state index contributed by atoms with van der Waals surface area (Å²) in [5.41, 5.74) is -2.02. The predicted octanol–water partition coefficient (Wildman–Crippen LogP) is -8.51. The van der Waals surface area contributed by atoms with Crippen molar-refractivity contribution in [2.24, 2.45) is 55.8 Å². The smallest absolute Gasteiger partial charge is 0.335 e. The molecule has 45 unspecified atom stereocenters. The third kappa shape index (κ3) is 22.9. The third-order valence-electron chi connectivity index (χ3n) is 32.1. The van der Waals surface area contributed by atoms with Gasteiger partial charge in [-0.05, 0) is 138 Å². The first-order chi connectivity index (χ1) is 67.3. The van der Waals surface area contributed by atoms with E-state index in [1.54, 1.807) is 6.92 Å². The lowest BCUT2D eigenvalue weighted by molar-refractivity contribution is -0.396. The molecule has 51 nitrogen and oxygen atoms in total. The molecule has 0 aromatic heterocycles. The van der Waals surface area contributed by atoms with Gasteiger partial charge in [-0.3, -0.25) is 28.9 Å². The highest BCUT2D eigenvalue weighted by Crippen LogP contribution is 2.73. The van der Waals surface area contributed by atoms with E-state index in [4.69, 9.17) is 90.0 Å². The van der Waals surface area contributed by atoms with Crippen molar-refractivity contribution in [2.75, 3.05) is 39.6 Å². The first-order valence-electron chi connectivity index (χ1n) is 48.9. The van der Waals surface area contributed by atoms with Crippen LogP contribution in [0.25, 0.3) is 0 Å². The van der Waals surface area contributed by atoms with Crippen LogP contribution in [0.3, 0.4) is 0 Å². The number of allylic oxidation sites excluding steroid dienone is 2. The van der Waals surface area contributed by atoms with Gasteiger partial charge in [-0.1, -0.05) is 52.7 Å². The van der Waals surface area contributed by atoms with Crippen molar-refractivity contribution in [3.8, 4) is 0 Å². The fraction of sp³-hybridized carbons (Fsp3) is 0.880. The number of nitrogens with zero attached hydrogens (tertiary/aromatic N) is 2. The van der Waals surface area contributed by atoms with Gasteiger partial charge < -0.3 is 207 Å². The van der Waals surface area contributed by atoms with Crippen molar-refractivity contribution in [3.63, 3.8) is 0 Å². The number of hydrogen-bond acceptors (Lipinski definition) is 48. The highest BCUT2D eigenvalue weighted by atomic mass is 16.8. The topological polar surface area (TPSA) is 771 Å². The molecule has 51 heteroatoms. The molecule has 51 atom stereocenters. The minimum atomic E-state index is -2.40. The van der Waals surface area contributed by atoms with Gasteiger partial charge in [-0.15, -0.1) is 0 Å². The van der Waals surface area contributed by atoms with E-state index in [9.17, 15) is 141 Å². The van der Waals surface area contributed by atoms with Crippen LogP contribution in [0.1, 0.15) is 153 Å². The monoisotopic (exact) mass is 2060 g/mol. The number of carboxylic acids is 1. The number of nitrogens with one attached hydrogen (secondary N) is 1. The Hall–Kier alpha value is -5.39. The first-order valence-corrected chi connectivity index (χ1v) is 48.9. The van der Waals surface area contributed by atoms with Crippen LogP contribution in [0.2, 0.25) is 0 Å². The largest absolute Gasteiger partial charge is 0.479 e. The maximum atomic E-state index is 16.5. The van der Waals surface area contributed by atoms with Crippen molar-refractivity contribution in [1.82, 2.24) is 10.3 Å². The SMILES string of the molecule is CC(=O)OC(C)C(C)OC(OC1C(C)OC(OC(=O)[C@]23CCC(C)(C)CC2C2=CCC4[C@@](C)(CCC5[C@]4(C)CC[C@H](OC4OC(C(=O)O)C(O)C(OC6OCC(O)C(O)C6O)C4OC4OC(CO)C(O)C(O)C4O)[C@@]5(C)/C=N/NC(=O)CCCCCN4C(=O)C=CC4=O)C2C[C@H]3O)C(OC2OC(C)C(OC3OCC(O)C(OC4OC(CO)C(O)C(O)C4O)C3O)C(O)C2O)C1O)C(O)OC1OCC(O)C(O)C1O. The number of hydrogen-bond donors (Lipinski definition) is 24. The second-order valence-corrected chi connectivity index (χ2v) is 42.0. The van der Waals surface area contributed by atoms with Gasteiger partial charge in [-0.2, -0.15) is 5.10 Å². The van der Waals surface area contributed by atoms with E-state index in [0.717, 1.165) is 29.5 Å². The molecule has 0 spiro atoms. The van der Waals surface area contributed by atoms with Crippen LogP contribution >= 0.6 is 0 Å². The Morgan fingerprint density at radius 2 is 1.06 bits per heavy atom. The van der Waals surface area contributed by atoms with E-state index in [0.29, 0.717) is 44.9 Å². The highest BCUT2D eigenvalue weighted by molar-refractivity contribution is 6.12. The maximum absolute atomic E-state index is 16.5. The van der Waals surface area contributed by atoms with Crippen LogP contribution in [-0.2, 0) is 119 Å². The number of carbonyl (C=O) groups excluding carboxylic acids is 5. The number of aliphatic carboxylic acids is 1. The van der Waals surface area contributed by atoms with Gasteiger partial charge >= 0.3 is 17.9 Å². The number of esters is 2. The van der Waals surface area contributed by atoms with Gasteiger partial charge in [0, 0.05) is 43.7 Å². The van der Waals surface area contributed by atoms with E-state index in [1.807, 2.05) is 13.8 Å². The summed E-state index contributed by atoms with van der Waals surface area (Å²) in [7, 11) is 0. The number of rotatable bonds is 34. The Morgan fingerprint density at radius 3 is 1.67 bits per heavy atom. The Kier molecular flexibility index (Phi) is 36.4. The van der Waals surface area contributed by atoms with Gasteiger partial charge in [0.15, 0.2) is 56.2 Å². The number of fused-ring (bicyclic) bond motifs is 7. The molecule has 0 aromatic carbocycles. The zero-order valence-electron chi connectivity index (χ0n) is 80.8. The fourth-order valence-electron chi connectivity index (χ4n) is 23.8. The Labute approximate surface area is 821 Å². The normalized spacial score (nSPS) is 47.7. The number of carboxylic acid groups (broad SMARTS) is 1. The van der Waals surface area contributed by atoms with E-state index in [1.165, 1.54) is 33.9 Å². The molecule has 5 aliphatic carbocycles. The molecule has 0 bridgehead atoms. The Morgan fingerprint density at radius 1 is 0.517 bits per heavy atom. The second kappa shape index (κ2) is 46.0. The van der Waals surface area contributed by atoms with E-state index in [2.05, 4.69) is 30.5 Å². The van der Waals surface area contributed by atoms with Crippen molar-refractivity contribution < 1.29 is 236 Å². The first kappa shape index (κ1) is 113. The number of aliphatic hydroxyl groups excluding tert-OH is 22. The molecule has 4 saturated carbocycles. The van der Waals surface area contributed by atoms with Gasteiger partial charge in [0.1, 0.15) is 164 Å². The van der Waals surface area contributed by atoms with Gasteiger partial charge in [-0.25, -0.2) is 10.2 Å². The van der Waals surface area contributed by atoms with Crippen molar-refractivity contribution >= 4 is 41.8 Å². The average Bonchev–Trinajstić information content (AvgIpc) is 1.12. The van der Waals surface area contributed by atoms with Crippen molar-refractivity contribution in [1.29, 1.82) is 0 Å². The number of ether oxygens (including phenoxy) is 19. The summed E-state index contributed by atoms with van der Waals surface area (Å²) in [6, 6.07) is 0. The summed E-state index contributed by atoms with van der Waals surface area (Å²) in [5, 5.41) is 264. The van der Waals surface area contributed by atoms with Crippen molar-refractivity contribution in [2.45, 2.75) is 417 Å². The zero-order chi connectivity index (χ0) is 104. The van der Waals surface area contributed by atoms with Gasteiger partial charge in [0.25, 0.3) is 11.8 Å². The zero-order valence-corrected chi connectivity index (χ0v) is 80.8. The van der Waals surface area contributed by atoms with E-state index in [-0.39, 0.29) is 51.0 Å². The Balaban J connectivity index is 0.767. The lowest BCUT2D eigenvalue weighted by atomic mass is 9.36. The van der Waals surface area contributed by atoms with Gasteiger partial charge in [0.2, 0.25) is 24.8 Å². The number of carbonyl (C=O) groups is 6. The molecular formula is C92H143N3O48. The maximum Gasteiger partial charge on any atom is 0.335 e. The van der Waals surface area contributed by atoms with E-state index < -0.39 is 378 Å². The molecular weight excluding hydrogens is 1910 g/mol. The molecule has 0 aromatic rings. The third-order valence-corrected chi connectivity index (χ3v) is 32.1. The Bertz CT molecular complexity index is 4390. The summed E-state index contributed by atoms with van der Waals surface area (Å²) >= 11 is 0. The molecule has 12 fully saturated rings. The van der Waals surface area contributed by atoms with Crippen LogP contribution in [0.4, 0.5) is 0 Å². The molecule has 3 amide bonds. The van der Waals surface area contributed by atoms with Crippen LogP contribution in [0, 0.1) is 50.7 Å². The van der Waals surface area contributed by atoms with Crippen LogP contribution in [-0.4, -0.2) is 468 Å². The summed E-state index contributed by atoms with van der Waals surface area (Å²) < 4.78 is 115. The van der Waals surface area contributed by atoms with Crippen LogP contribution in [0.5, 0.6) is 0 Å². The van der Waals surface area contributed by atoms with Gasteiger partial charge in [0.05, 0.1) is 63.6 Å². The summed E-state index contributed by atoms with van der Waals surface area (Å²) in [6.45, 7) is 12.9. The molecule has 9 aliphatic heterocycles. The van der Waals surface area contributed by atoms with Crippen LogP contribution in [0.15, 0.2) is 28.9 Å². The van der Waals surface area contributed by atoms with Crippen LogP contribution < -0.4 is 5.43 Å². The molecule has 14 rings (SSSR count). The molecule has 14 aliphatic rings. The predicted molar refractivity (Wildman–Crippen MR) is 468 cm³/mol. The minimum Gasteiger partial charge on any atom is -0.479 e. The number of hydrazone groups is 1. The number of aliphatic hydroxyl groups is 22. The lowest BCUT2D eigenvalue weighted by Gasteiger charge is -2.68. The molecule has 814 valence electrons. The number of amides is 3. The summed E-state index contributed by atoms with van der Waals surface area (Å²) in [5.74, 6) is -7.37. The molecule has 24 N–H and O–H groups in total. The number of imide groups is 1. The average molecular weight is 2060 g/mol.